The van der Waals surface area contributed by atoms with E-state index < -0.39 is 0 Å². The largest absolute Gasteiger partial charge is 0.299 e. The molecule has 1 saturated carbocycles. The van der Waals surface area contributed by atoms with Crippen LogP contribution in [-0.4, -0.2) is 5.78 Å². The van der Waals surface area contributed by atoms with Crippen LogP contribution >= 0.6 is 0 Å². The summed E-state index contributed by atoms with van der Waals surface area (Å²) < 4.78 is 0. The van der Waals surface area contributed by atoms with Crippen LogP contribution in [0.2, 0.25) is 0 Å². The molecule has 1 heteroatoms. The second-order valence-electron chi connectivity index (χ2n) is 4.65. The number of ketones is 1. The molecule has 0 radical (unpaired) electrons. The third kappa shape index (κ3) is 1.68. The Kier molecular flexibility index (Phi) is 2.58. The Morgan fingerprint density at radius 1 is 1.43 bits per heavy atom. The van der Waals surface area contributed by atoms with Gasteiger partial charge in [-0.15, -0.1) is 0 Å². The van der Waals surface area contributed by atoms with Crippen LogP contribution in [0.1, 0.15) is 39.0 Å². The number of rotatable bonds is 2. The highest BCUT2D eigenvalue weighted by Gasteiger charge is 2.32. The first-order valence-corrected chi connectivity index (χ1v) is 5.55. The summed E-state index contributed by atoms with van der Waals surface area (Å²) in [5.74, 6) is 1.43. The fourth-order valence-electron chi connectivity index (χ4n) is 2.42. The Hall–Kier alpha value is -0.850. The molecular weight excluding hydrogens is 172 g/mol. The molecule has 2 rings (SSSR count). The summed E-state index contributed by atoms with van der Waals surface area (Å²) in [6, 6.07) is 0. The van der Waals surface area contributed by atoms with Crippen LogP contribution in [0.3, 0.4) is 0 Å². The average molecular weight is 190 g/mol. The molecule has 0 amide bonds. The van der Waals surface area contributed by atoms with Crippen molar-refractivity contribution >= 4 is 5.78 Å². The van der Waals surface area contributed by atoms with Crippen molar-refractivity contribution in [1.29, 1.82) is 0 Å². The third-order valence-electron chi connectivity index (χ3n) is 3.66. The first-order valence-electron chi connectivity index (χ1n) is 5.55. The number of carbonyl (C=O) groups is 1. The number of Topliss-reactive ketones (excluding diaryl/α,β-unsaturated/α-hetero) is 1. The van der Waals surface area contributed by atoms with E-state index in [1.54, 1.807) is 0 Å². The maximum Gasteiger partial charge on any atom is 0.140 e. The normalized spacial score (nSPS) is 32.1. The summed E-state index contributed by atoms with van der Waals surface area (Å²) >= 11 is 0. The van der Waals surface area contributed by atoms with Crippen molar-refractivity contribution < 1.29 is 4.79 Å². The topological polar surface area (TPSA) is 17.1 Å². The number of carbonyl (C=O) groups excluding carboxylic acids is 1. The summed E-state index contributed by atoms with van der Waals surface area (Å²) in [5.41, 5.74) is 2.71. The van der Waals surface area contributed by atoms with Gasteiger partial charge in [0.25, 0.3) is 0 Å². The van der Waals surface area contributed by atoms with Crippen LogP contribution in [-0.2, 0) is 4.79 Å². The van der Waals surface area contributed by atoms with Gasteiger partial charge in [-0.05, 0) is 38.5 Å². The lowest BCUT2D eigenvalue weighted by Crippen LogP contribution is -2.28. The second-order valence-corrected chi connectivity index (χ2v) is 4.65. The zero-order valence-electron chi connectivity index (χ0n) is 8.88. The van der Waals surface area contributed by atoms with Gasteiger partial charge in [0.05, 0.1) is 0 Å². The summed E-state index contributed by atoms with van der Waals surface area (Å²) in [7, 11) is 0. The van der Waals surface area contributed by atoms with E-state index in [1.165, 1.54) is 17.6 Å². The van der Waals surface area contributed by atoms with E-state index in [1.807, 2.05) is 0 Å². The SMILES string of the molecule is C=C(C)[C@@H]1CC=C(C2CCC2=O)CC1. The molecule has 1 unspecified atom stereocenters. The zero-order chi connectivity index (χ0) is 10.1. The van der Waals surface area contributed by atoms with Gasteiger partial charge in [-0.1, -0.05) is 23.8 Å². The van der Waals surface area contributed by atoms with Gasteiger partial charge < -0.3 is 0 Å². The van der Waals surface area contributed by atoms with Gasteiger partial charge in [-0.25, -0.2) is 0 Å². The van der Waals surface area contributed by atoms with E-state index in [0.29, 0.717) is 17.6 Å². The molecule has 2 aliphatic rings. The Bertz CT molecular complexity index is 298. The van der Waals surface area contributed by atoms with Gasteiger partial charge in [-0.3, -0.25) is 4.79 Å². The quantitative estimate of drug-likeness (QED) is 0.611. The number of hydrogen-bond donors (Lipinski definition) is 0. The Balaban J connectivity index is 1.97. The average Bonchev–Trinajstić information content (AvgIpc) is 2.16. The fourth-order valence-corrected chi connectivity index (χ4v) is 2.42. The van der Waals surface area contributed by atoms with Crippen molar-refractivity contribution in [2.75, 3.05) is 0 Å². The molecule has 0 saturated heterocycles. The van der Waals surface area contributed by atoms with Crippen LogP contribution in [0, 0.1) is 11.8 Å². The summed E-state index contributed by atoms with van der Waals surface area (Å²) in [6.07, 6.45) is 7.63. The highest BCUT2D eigenvalue weighted by atomic mass is 16.1. The van der Waals surface area contributed by atoms with Crippen molar-refractivity contribution in [3.63, 3.8) is 0 Å². The predicted molar refractivity (Wildman–Crippen MR) is 58.0 cm³/mol. The minimum absolute atomic E-state index is 0.307. The number of hydrogen-bond acceptors (Lipinski definition) is 1. The molecule has 1 fully saturated rings. The molecule has 2 aliphatic carbocycles. The molecule has 2 atom stereocenters. The molecule has 0 N–H and O–H groups in total. The standard InChI is InChI=1S/C13H18O/c1-9(2)10-3-5-11(6-4-10)12-7-8-13(12)14/h5,10,12H,1,3-4,6-8H2,2H3/t10-,12?/m1/s1. The van der Waals surface area contributed by atoms with E-state index in [9.17, 15) is 4.79 Å². The van der Waals surface area contributed by atoms with E-state index >= 15 is 0 Å². The van der Waals surface area contributed by atoms with E-state index in [2.05, 4.69) is 19.6 Å². The first kappa shape index (κ1) is 9.70. The summed E-state index contributed by atoms with van der Waals surface area (Å²) in [6.45, 7) is 6.11. The summed E-state index contributed by atoms with van der Waals surface area (Å²) in [5, 5.41) is 0. The molecule has 0 aromatic heterocycles. The van der Waals surface area contributed by atoms with Crippen molar-refractivity contribution in [3.8, 4) is 0 Å². The third-order valence-corrected chi connectivity index (χ3v) is 3.66. The lowest BCUT2D eigenvalue weighted by atomic mass is 9.72. The lowest BCUT2D eigenvalue weighted by Gasteiger charge is -2.31. The monoisotopic (exact) mass is 190 g/mol. The molecule has 0 aliphatic heterocycles. The molecule has 0 bridgehead atoms. The minimum atomic E-state index is 0.307. The molecule has 0 aromatic carbocycles. The van der Waals surface area contributed by atoms with E-state index in [-0.39, 0.29) is 0 Å². The fraction of sp³-hybridized carbons (Fsp3) is 0.615. The van der Waals surface area contributed by atoms with Crippen LogP contribution < -0.4 is 0 Å². The van der Waals surface area contributed by atoms with Crippen molar-refractivity contribution in [2.45, 2.75) is 39.0 Å². The minimum Gasteiger partial charge on any atom is -0.299 e. The molecule has 0 aromatic rings. The Morgan fingerprint density at radius 2 is 2.21 bits per heavy atom. The maximum absolute atomic E-state index is 11.3. The zero-order valence-corrected chi connectivity index (χ0v) is 8.88. The number of allylic oxidation sites excluding steroid dienone is 3. The Morgan fingerprint density at radius 3 is 2.57 bits per heavy atom. The molecule has 1 nitrogen and oxygen atoms in total. The molecular formula is C13H18O. The Labute approximate surface area is 85.9 Å². The van der Waals surface area contributed by atoms with E-state index in [4.69, 9.17) is 0 Å². The van der Waals surface area contributed by atoms with Crippen molar-refractivity contribution in [1.82, 2.24) is 0 Å². The van der Waals surface area contributed by atoms with Crippen LogP contribution in [0.5, 0.6) is 0 Å². The molecule has 76 valence electrons. The first-order chi connectivity index (χ1) is 6.68. The van der Waals surface area contributed by atoms with Gasteiger partial charge in [0.2, 0.25) is 0 Å². The van der Waals surface area contributed by atoms with Gasteiger partial charge in [-0.2, -0.15) is 0 Å². The highest BCUT2D eigenvalue weighted by molar-refractivity contribution is 5.89. The molecule has 0 spiro atoms. The molecule has 0 heterocycles. The van der Waals surface area contributed by atoms with Gasteiger partial charge >= 0.3 is 0 Å². The second kappa shape index (κ2) is 3.72. The summed E-state index contributed by atoms with van der Waals surface area (Å²) in [4.78, 5) is 11.3. The predicted octanol–water partition coefficient (Wildman–Crippen LogP) is 3.27. The van der Waals surface area contributed by atoms with Gasteiger partial charge in [0.15, 0.2) is 0 Å². The van der Waals surface area contributed by atoms with Gasteiger partial charge in [0.1, 0.15) is 5.78 Å². The smallest absolute Gasteiger partial charge is 0.140 e. The van der Waals surface area contributed by atoms with E-state index in [0.717, 1.165) is 25.7 Å². The highest BCUT2D eigenvalue weighted by Crippen LogP contribution is 2.37. The maximum atomic E-state index is 11.3. The van der Waals surface area contributed by atoms with Crippen molar-refractivity contribution in [3.05, 3.63) is 23.8 Å². The molecule has 14 heavy (non-hydrogen) atoms. The van der Waals surface area contributed by atoms with Crippen LogP contribution in [0.15, 0.2) is 23.8 Å². The van der Waals surface area contributed by atoms with Crippen LogP contribution in [0.25, 0.3) is 0 Å². The lowest BCUT2D eigenvalue weighted by molar-refractivity contribution is -0.127. The van der Waals surface area contributed by atoms with Gasteiger partial charge in [0, 0.05) is 12.3 Å². The van der Waals surface area contributed by atoms with Crippen LogP contribution in [0.4, 0.5) is 0 Å². The van der Waals surface area contributed by atoms with Crippen molar-refractivity contribution in [2.24, 2.45) is 11.8 Å².